The van der Waals surface area contributed by atoms with Gasteiger partial charge >= 0.3 is 0 Å². The highest BCUT2D eigenvalue weighted by atomic mass is 35.5. The lowest BCUT2D eigenvalue weighted by molar-refractivity contribution is 0.313. The predicted octanol–water partition coefficient (Wildman–Crippen LogP) is 4.29. The molecule has 0 atom stereocenters. The van der Waals surface area contributed by atoms with E-state index in [1.807, 2.05) is 0 Å². The molecule has 104 valence electrons. The van der Waals surface area contributed by atoms with Crippen LogP contribution in [0.25, 0.3) is 0 Å². The van der Waals surface area contributed by atoms with Crippen molar-refractivity contribution < 1.29 is 4.74 Å². The Bertz CT molecular complexity index is 397. The molecule has 0 radical (unpaired) electrons. The van der Waals surface area contributed by atoms with Crippen LogP contribution in [0.2, 0.25) is 0 Å². The number of halogens is 1. The van der Waals surface area contributed by atoms with E-state index >= 15 is 0 Å². The van der Waals surface area contributed by atoms with Crippen LogP contribution in [0.5, 0.6) is 5.75 Å². The summed E-state index contributed by atoms with van der Waals surface area (Å²) in [5, 5.41) is 0. The molecule has 1 aliphatic rings. The number of aromatic nitrogens is 2. The van der Waals surface area contributed by atoms with Gasteiger partial charge in [-0.25, -0.2) is 9.97 Å². The van der Waals surface area contributed by atoms with Gasteiger partial charge in [0.15, 0.2) is 5.75 Å². The number of nitrogens with zero attached hydrogens (tertiary/aromatic N) is 2. The first-order valence-corrected chi connectivity index (χ1v) is 7.48. The maximum atomic E-state index is 5.63. The Hall–Kier alpha value is -1.09. The van der Waals surface area contributed by atoms with E-state index in [4.69, 9.17) is 16.3 Å². The molecular formula is C15H21ClN2O. The zero-order valence-electron chi connectivity index (χ0n) is 11.4. The Kier molecular flexibility index (Phi) is 5.64. The molecule has 1 aliphatic carbocycles. The molecule has 19 heavy (non-hydrogen) atoms. The fraction of sp³-hybridized carbons (Fsp3) is 0.600. The molecule has 3 nitrogen and oxygen atoms in total. The zero-order chi connectivity index (χ0) is 13.5. The fourth-order valence-electron chi connectivity index (χ4n) is 2.50. The third-order valence-corrected chi connectivity index (χ3v) is 3.75. The molecule has 0 aliphatic heterocycles. The molecule has 0 amide bonds. The SMILES string of the molecule is CCCOc1cnc([C@H]2CC[C@H](/C=C/Cl)CC2)nc1. The number of hydrogen-bond donors (Lipinski definition) is 0. The minimum absolute atomic E-state index is 0.486. The largest absolute Gasteiger partial charge is 0.490 e. The summed E-state index contributed by atoms with van der Waals surface area (Å²) in [6, 6.07) is 0. The smallest absolute Gasteiger partial charge is 0.155 e. The number of allylic oxidation sites excluding steroid dienone is 1. The monoisotopic (exact) mass is 280 g/mol. The van der Waals surface area contributed by atoms with Crippen molar-refractivity contribution in [3.63, 3.8) is 0 Å². The Labute approximate surface area is 120 Å². The lowest BCUT2D eigenvalue weighted by Crippen LogP contribution is -2.14. The van der Waals surface area contributed by atoms with Crippen molar-refractivity contribution in [1.29, 1.82) is 0 Å². The van der Waals surface area contributed by atoms with Crippen LogP contribution in [0.3, 0.4) is 0 Å². The molecule has 0 bridgehead atoms. The Morgan fingerprint density at radius 2 is 1.95 bits per heavy atom. The second kappa shape index (κ2) is 7.49. The second-order valence-electron chi connectivity index (χ2n) is 5.06. The van der Waals surface area contributed by atoms with Gasteiger partial charge in [-0.2, -0.15) is 0 Å². The molecular weight excluding hydrogens is 260 g/mol. The van der Waals surface area contributed by atoms with Gasteiger partial charge in [-0.3, -0.25) is 0 Å². The van der Waals surface area contributed by atoms with Crippen molar-refractivity contribution in [3.05, 3.63) is 29.8 Å². The second-order valence-corrected chi connectivity index (χ2v) is 5.31. The predicted molar refractivity (Wildman–Crippen MR) is 77.5 cm³/mol. The highest BCUT2D eigenvalue weighted by Crippen LogP contribution is 2.34. The van der Waals surface area contributed by atoms with Crippen LogP contribution in [0.1, 0.15) is 50.8 Å². The van der Waals surface area contributed by atoms with Crippen LogP contribution in [-0.2, 0) is 0 Å². The quantitative estimate of drug-likeness (QED) is 0.807. The standard InChI is InChI=1S/C15H21ClN2O/c1-2-9-19-14-10-17-15(18-11-14)13-5-3-12(4-6-13)7-8-16/h7-8,10-13H,2-6,9H2,1H3/b8-7+/t12-,13-. The molecule has 1 fully saturated rings. The first kappa shape index (κ1) is 14.3. The van der Waals surface area contributed by atoms with Gasteiger partial charge in [-0.05, 0) is 38.0 Å². The molecule has 0 saturated heterocycles. The molecule has 2 rings (SSSR count). The van der Waals surface area contributed by atoms with Crippen LogP contribution in [-0.4, -0.2) is 16.6 Å². The molecule has 1 aromatic heterocycles. The number of hydrogen-bond acceptors (Lipinski definition) is 3. The van der Waals surface area contributed by atoms with E-state index in [9.17, 15) is 0 Å². The summed E-state index contributed by atoms with van der Waals surface area (Å²) in [6.45, 7) is 2.81. The van der Waals surface area contributed by atoms with Crippen molar-refractivity contribution in [2.45, 2.75) is 44.9 Å². The van der Waals surface area contributed by atoms with Crippen molar-refractivity contribution >= 4 is 11.6 Å². The third kappa shape index (κ3) is 4.20. The van der Waals surface area contributed by atoms with E-state index in [0.29, 0.717) is 11.8 Å². The van der Waals surface area contributed by atoms with E-state index in [1.54, 1.807) is 17.9 Å². The molecule has 1 aromatic rings. The summed E-state index contributed by atoms with van der Waals surface area (Å²) >= 11 is 5.63. The lowest BCUT2D eigenvalue weighted by Gasteiger charge is -2.25. The third-order valence-electron chi connectivity index (χ3n) is 3.60. The molecule has 0 N–H and O–H groups in total. The van der Waals surface area contributed by atoms with Gasteiger partial charge < -0.3 is 4.74 Å². The highest BCUT2D eigenvalue weighted by Gasteiger charge is 2.22. The van der Waals surface area contributed by atoms with Gasteiger partial charge in [0.2, 0.25) is 0 Å². The van der Waals surface area contributed by atoms with Gasteiger partial charge in [0.1, 0.15) is 5.82 Å². The molecule has 0 unspecified atom stereocenters. The van der Waals surface area contributed by atoms with Gasteiger partial charge in [-0.15, -0.1) is 0 Å². The normalized spacial score (nSPS) is 23.7. The minimum Gasteiger partial charge on any atom is -0.490 e. The molecule has 4 heteroatoms. The van der Waals surface area contributed by atoms with E-state index in [1.165, 1.54) is 12.8 Å². The maximum absolute atomic E-state index is 5.63. The minimum atomic E-state index is 0.486. The van der Waals surface area contributed by atoms with E-state index in [-0.39, 0.29) is 0 Å². The van der Waals surface area contributed by atoms with Gasteiger partial charge in [-0.1, -0.05) is 24.6 Å². The summed E-state index contributed by atoms with van der Waals surface area (Å²) in [5.74, 6) is 2.84. The van der Waals surface area contributed by atoms with Gasteiger partial charge in [0.05, 0.1) is 19.0 Å². The Morgan fingerprint density at radius 1 is 1.26 bits per heavy atom. The Balaban J connectivity index is 1.89. The summed E-state index contributed by atoms with van der Waals surface area (Å²) in [5.41, 5.74) is 1.64. The van der Waals surface area contributed by atoms with Crippen molar-refractivity contribution in [3.8, 4) is 5.75 Å². The zero-order valence-corrected chi connectivity index (χ0v) is 12.1. The van der Waals surface area contributed by atoms with Crippen LogP contribution in [0.15, 0.2) is 24.0 Å². The van der Waals surface area contributed by atoms with Gasteiger partial charge in [0, 0.05) is 11.5 Å². The van der Waals surface area contributed by atoms with Gasteiger partial charge in [0.25, 0.3) is 0 Å². The van der Waals surface area contributed by atoms with Crippen molar-refractivity contribution in [2.75, 3.05) is 6.61 Å². The van der Waals surface area contributed by atoms with Crippen LogP contribution >= 0.6 is 11.6 Å². The fourth-order valence-corrected chi connectivity index (χ4v) is 2.71. The number of ether oxygens (including phenoxy) is 1. The molecule has 0 aromatic carbocycles. The van der Waals surface area contributed by atoms with Crippen molar-refractivity contribution in [1.82, 2.24) is 9.97 Å². The first-order valence-electron chi connectivity index (χ1n) is 7.05. The summed E-state index contributed by atoms with van der Waals surface area (Å²) < 4.78 is 5.50. The Morgan fingerprint density at radius 3 is 2.53 bits per heavy atom. The van der Waals surface area contributed by atoms with Crippen LogP contribution < -0.4 is 4.74 Å². The lowest BCUT2D eigenvalue weighted by atomic mass is 9.82. The summed E-state index contributed by atoms with van der Waals surface area (Å²) in [4.78, 5) is 8.89. The molecule has 1 saturated carbocycles. The topological polar surface area (TPSA) is 35.0 Å². The van der Waals surface area contributed by atoms with Crippen LogP contribution in [0, 0.1) is 5.92 Å². The maximum Gasteiger partial charge on any atom is 0.155 e. The average Bonchev–Trinajstić information content (AvgIpc) is 2.47. The van der Waals surface area contributed by atoms with Crippen LogP contribution in [0.4, 0.5) is 0 Å². The van der Waals surface area contributed by atoms with E-state index in [0.717, 1.165) is 37.4 Å². The van der Waals surface area contributed by atoms with E-state index in [2.05, 4.69) is 23.0 Å². The first-order chi connectivity index (χ1) is 9.33. The summed E-state index contributed by atoms with van der Waals surface area (Å²) in [6.07, 6.45) is 11.3. The molecule has 1 heterocycles. The molecule has 0 spiro atoms. The summed E-state index contributed by atoms with van der Waals surface area (Å²) in [7, 11) is 0. The highest BCUT2D eigenvalue weighted by molar-refractivity contribution is 6.25. The number of rotatable bonds is 5. The van der Waals surface area contributed by atoms with E-state index < -0.39 is 0 Å². The van der Waals surface area contributed by atoms with Crippen molar-refractivity contribution in [2.24, 2.45) is 5.92 Å². The average molecular weight is 281 g/mol.